The summed E-state index contributed by atoms with van der Waals surface area (Å²) < 4.78 is 19.9. The van der Waals surface area contributed by atoms with E-state index in [1.54, 1.807) is 0 Å². The van der Waals surface area contributed by atoms with Gasteiger partial charge in [-0.15, -0.1) is 0 Å². The van der Waals surface area contributed by atoms with Gasteiger partial charge in [0.2, 0.25) is 0 Å². The van der Waals surface area contributed by atoms with E-state index in [2.05, 4.69) is 31.9 Å². The molecule has 0 amide bonds. The van der Waals surface area contributed by atoms with Gasteiger partial charge in [0.15, 0.2) is 0 Å². The lowest BCUT2D eigenvalue weighted by Gasteiger charge is -2.02. The Labute approximate surface area is 66.6 Å². The minimum Gasteiger partial charge on any atom is -0.772 e. The van der Waals surface area contributed by atoms with E-state index in [0.29, 0.717) is 6.42 Å². The average Bonchev–Trinajstić information content (AvgIpc) is 2.13. The van der Waals surface area contributed by atoms with E-state index in [4.69, 9.17) is 0 Å². The lowest BCUT2D eigenvalue weighted by atomic mass is 11.0. The first kappa shape index (κ1) is 7.18. The normalized spacial score (nSPS) is 36.6. The lowest BCUT2D eigenvalue weighted by Crippen LogP contribution is -2.01. The second-order valence-corrected chi connectivity index (χ2v) is 6.70. The fourth-order valence-electron chi connectivity index (χ4n) is 0.397. The Hall–Kier alpha value is 1.07. The van der Waals surface area contributed by atoms with Crippen molar-refractivity contribution in [3.63, 3.8) is 0 Å². The monoisotopic (exact) mass is 261 g/mol. The van der Waals surface area contributed by atoms with Crippen LogP contribution >= 0.6 is 31.9 Å². The first-order chi connectivity index (χ1) is 3.54. The third-order valence-corrected chi connectivity index (χ3v) is 4.39. The molecule has 2 atom stereocenters. The molecule has 2 unspecified atom stereocenters. The van der Waals surface area contributed by atoms with Crippen LogP contribution in [0.15, 0.2) is 0 Å². The Morgan fingerprint density at radius 1 is 1.75 bits per heavy atom. The minimum absolute atomic E-state index is 0.234. The minimum atomic E-state index is -1.92. The van der Waals surface area contributed by atoms with Gasteiger partial charge in [0, 0.05) is 5.25 Å². The van der Waals surface area contributed by atoms with Gasteiger partial charge in [-0.05, 0) is 17.5 Å². The molecule has 0 saturated heterocycles. The second kappa shape index (κ2) is 2.04. The van der Waals surface area contributed by atoms with Crippen LogP contribution < -0.4 is 0 Å². The van der Waals surface area contributed by atoms with Crippen LogP contribution in [-0.2, 0) is 11.1 Å². The quantitative estimate of drug-likeness (QED) is 0.525. The van der Waals surface area contributed by atoms with Crippen LogP contribution in [0.3, 0.4) is 0 Å². The van der Waals surface area contributed by atoms with Crippen molar-refractivity contribution in [2.24, 2.45) is 0 Å². The Morgan fingerprint density at radius 3 is 2.12 bits per heavy atom. The maximum atomic E-state index is 10.1. The highest BCUT2D eigenvalue weighted by Crippen LogP contribution is 2.53. The first-order valence-corrected chi connectivity index (χ1v) is 4.72. The van der Waals surface area contributed by atoms with Crippen molar-refractivity contribution in [1.82, 2.24) is 0 Å². The highest BCUT2D eigenvalue weighted by molar-refractivity contribution is 9.25. The molecule has 0 aliphatic heterocycles. The molecule has 0 spiro atoms. The van der Waals surface area contributed by atoms with Crippen LogP contribution in [0.5, 0.6) is 0 Å². The number of hydrogen-bond acceptors (Lipinski definition) is 2. The van der Waals surface area contributed by atoms with Gasteiger partial charge in [0.05, 0.1) is 3.23 Å². The second-order valence-electron chi connectivity index (χ2n) is 1.71. The molecule has 0 aromatic rings. The molecular formula is C3H3Br2O2S-. The third-order valence-electron chi connectivity index (χ3n) is 1.00. The molecule has 8 heavy (non-hydrogen) atoms. The van der Waals surface area contributed by atoms with Gasteiger partial charge in [-0.25, -0.2) is 0 Å². The molecule has 0 heterocycles. The number of hydrogen-bond donors (Lipinski definition) is 0. The molecule has 0 radical (unpaired) electrons. The van der Waals surface area contributed by atoms with Crippen molar-refractivity contribution in [3.05, 3.63) is 0 Å². The van der Waals surface area contributed by atoms with E-state index in [-0.39, 0.29) is 8.48 Å². The summed E-state index contributed by atoms with van der Waals surface area (Å²) >= 11 is 4.43. The summed E-state index contributed by atoms with van der Waals surface area (Å²) in [5.41, 5.74) is 0. The number of alkyl halides is 2. The lowest BCUT2D eigenvalue weighted by molar-refractivity contribution is 0.535. The van der Waals surface area contributed by atoms with Crippen molar-refractivity contribution in [2.45, 2.75) is 14.9 Å². The standard InChI is InChI=1S/C3H4Br2O2S/c4-3(5)1-2(3)8(6)7/h2H,1H2,(H,6,7)/p-1. The van der Waals surface area contributed by atoms with Gasteiger partial charge in [0.1, 0.15) is 0 Å². The zero-order valence-electron chi connectivity index (χ0n) is 3.77. The molecule has 0 N–H and O–H groups in total. The van der Waals surface area contributed by atoms with Crippen LogP contribution in [0.4, 0.5) is 0 Å². The van der Waals surface area contributed by atoms with E-state index in [1.807, 2.05) is 0 Å². The highest BCUT2D eigenvalue weighted by atomic mass is 79.9. The van der Waals surface area contributed by atoms with E-state index >= 15 is 0 Å². The van der Waals surface area contributed by atoms with Crippen LogP contribution in [0.1, 0.15) is 6.42 Å². The summed E-state index contributed by atoms with van der Waals surface area (Å²) in [6, 6.07) is 0. The Balaban J connectivity index is 2.48. The van der Waals surface area contributed by atoms with E-state index in [9.17, 15) is 8.76 Å². The molecule has 48 valence electrons. The fourth-order valence-corrected chi connectivity index (χ4v) is 3.07. The molecule has 1 fully saturated rings. The predicted molar refractivity (Wildman–Crippen MR) is 37.9 cm³/mol. The fraction of sp³-hybridized carbons (Fsp3) is 1.00. The Kier molecular flexibility index (Phi) is 1.83. The molecule has 1 aliphatic rings. The maximum Gasteiger partial charge on any atom is 0.0949 e. The van der Waals surface area contributed by atoms with Gasteiger partial charge < -0.3 is 4.55 Å². The van der Waals surface area contributed by atoms with Crippen LogP contribution in [0.2, 0.25) is 0 Å². The van der Waals surface area contributed by atoms with E-state index < -0.39 is 11.1 Å². The van der Waals surface area contributed by atoms with Gasteiger partial charge in [-0.1, -0.05) is 31.9 Å². The zero-order valence-corrected chi connectivity index (χ0v) is 7.75. The molecule has 0 aromatic heterocycles. The topological polar surface area (TPSA) is 40.1 Å². The van der Waals surface area contributed by atoms with Crippen LogP contribution in [-0.4, -0.2) is 17.2 Å². The third kappa shape index (κ3) is 1.32. The molecule has 2 nitrogen and oxygen atoms in total. The van der Waals surface area contributed by atoms with Crippen LogP contribution in [0.25, 0.3) is 0 Å². The first-order valence-electron chi connectivity index (χ1n) is 2.00. The van der Waals surface area contributed by atoms with Crippen LogP contribution in [0, 0.1) is 0 Å². The maximum absolute atomic E-state index is 10.1. The number of halogens is 2. The van der Waals surface area contributed by atoms with Gasteiger partial charge >= 0.3 is 0 Å². The van der Waals surface area contributed by atoms with Crippen molar-refractivity contribution >= 4 is 42.9 Å². The summed E-state index contributed by atoms with van der Waals surface area (Å²) in [5.74, 6) is 0. The largest absolute Gasteiger partial charge is 0.772 e. The summed E-state index contributed by atoms with van der Waals surface area (Å²) in [5, 5.41) is -0.234. The Morgan fingerprint density at radius 2 is 2.12 bits per heavy atom. The Bertz CT molecular complexity index is 135. The number of rotatable bonds is 1. The molecule has 5 heteroatoms. The average molecular weight is 263 g/mol. The molecule has 0 bridgehead atoms. The van der Waals surface area contributed by atoms with Gasteiger partial charge in [-0.2, -0.15) is 0 Å². The predicted octanol–water partition coefficient (Wildman–Crippen LogP) is 1.12. The van der Waals surface area contributed by atoms with E-state index in [1.165, 1.54) is 0 Å². The van der Waals surface area contributed by atoms with Crippen molar-refractivity contribution in [2.75, 3.05) is 0 Å². The molecule has 1 rings (SSSR count). The van der Waals surface area contributed by atoms with E-state index in [0.717, 1.165) is 0 Å². The molecule has 0 aromatic carbocycles. The SMILES string of the molecule is O=S([O-])C1CC1(Br)Br. The summed E-state index contributed by atoms with van der Waals surface area (Å²) in [7, 11) is 0. The van der Waals surface area contributed by atoms with Gasteiger partial charge in [-0.3, -0.25) is 4.21 Å². The van der Waals surface area contributed by atoms with Crippen molar-refractivity contribution in [3.8, 4) is 0 Å². The summed E-state index contributed by atoms with van der Waals surface area (Å²) in [6.07, 6.45) is 0.670. The smallest absolute Gasteiger partial charge is 0.0949 e. The molecule has 1 aliphatic carbocycles. The molecule has 1 saturated carbocycles. The summed E-state index contributed by atoms with van der Waals surface area (Å²) in [6.45, 7) is 0. The van der Waals surface area contributed by atoms with Crippen molar-refractivity contribution < 1.29 is 8.76 Å². The highest BCUT2D eigenvalue weighted by Gasteiger charge is 2.51. The zero-order chi connectivity index (χ0) is 6.36. The summed E-state index contributed by atoms with van der Waals surface area (Å²) in [4.78, 5) is 0. The van der Waals surface area contributed by atoms with Gasteiger partial charge in [0.25, 0.3) is 0 Å². The van der Waals surface area contributed by atoms with Crippen molar-refractivity contribution in [1.29, 1.82) is 0 Å². The molecular weight excluding hydrogens is 260 g/mol.